The van der Waals surface area contributed by atoms with Crippen molar-refractivity contribution in [2.45, 2.75) is 75.9 Å². The number of carbonyl (C=O) groups is 2. The molecule has 2 aliphatic heterocycles. The van der Waals surface area contributed by atoms with Gasteiger partial charge in [0.2, 0.25) is 0 Å². The Kier molecular flexibility index (Phi) is 4.50. The predicted octanol–water partition coefficient (Wildman–Crippen LogP) is 1.58. The molecule has 0 N–H and O–H groups in total. The highest BCUT2D eigenvalue weighted by atomic mass is 32.2. The van der Waals surface area contributed by atoms with Gasteiger partial charge in [0.25, 0.3) is 0 Å². The number of nitrogens with zero attached hydrogens (tertiary/aromatic N) is 2. The number of epoxide rings is 1. The molecule has 0 aromatic heterocycles. The van der Waals surface area contributed by atoms with Crippen LogP contribution in [0.1, 0.15) is 34.6 Å². The van der Waals surface area contributed by atoms with E-state index in [9.17, 15) is 14.9 Å². The van der Waals surface area contributed by atoms with Crippen LogP contribution in [-0.4, -0.2) is 58.1 Å². The topological polar surface area (TPSA) is 91.9 Å². The van der Waals surface area contributed by atoms with E-state index in [0.717, 1.165) is 0 Å². The van der Waals surface area contributed by atoms with E-state index in [1.165, 1.54) is 25.6 Å². The number of nitriles is 1. The van der Waals surface area contributed by atoms with Crippen molar-refractivity contribution in [2.24, 2.45) is 0 Å². The lowest BCUT2D eigenvalue weighted by Crippen LogP contribution is -2.47. The Balaban J connectivity index is 1.81. The van der Waals surface area contributed by atoms with Crippen LogP contribution < -0.4 is 0 Å². The molecule has 3 rings (SSSR count). The average molecular weight is 366 g/mol. The first-order chi connectivity index (χ1) is 11.6. The normalized spacial score (nSPS) is 35.8. The Labute approximate surface area is 151 Å². The number of fused-ring (bicyclic) bond motifs is 3. The molecule has 0 aromatic rings. The van der Waals surface area contributed by atoms with Gasteiger partial charge in [0.1, 0.15) is 23.2 Å². The summed E-state index contributed by atoms with van der Waals surface area (Å²) in [5.74, 6) is -0.862. The second-order valence-electron chi connectivity index (χ2n) is 7.46. The van der Waals surface area contributed by atoms with Gasteiger partial charge in [-0.05, 0) is 0 Å². The van der Waals surface area contributed by atoms with Gasteiger partial charge in [0.05, 0.1) is 12.1 Å². The van der Waals surface area contributed by atoms with Crippen LogP contribution >= 0.6 is 11.8 Å². The van der Waals surface area contributed by atoms with Crippen molar-refractivity contribution in [3.63, 3.8) is 0 Å². The van der Waals surface area contributed by atoms with E-state index in [1.807, 2.05) is 25.7 Å². The van der Waals surface area contributed by atoms with Crippen molar-refractivity contribution in [3.05, 3.63) is 11.1 Å². The average Bonchev–Trinajstić information content (AvgIpc) is 3.33. The summed E-state index contributed by atoms with van der Waals surface area (Å²) in [6.07, 6.45) is 0.292. The molecule has 6 atom stereocenters. The summed E-state index contributed by atoms with van der Waals surface area (Å²) in [6, 6.07) is 2.12. The van der Waals surface area contributed by atoms with Crippen LogP contribution in [0.25, 0.3) is 0 Å². The van der Waals surface area contributed by atoms with Crippen molar-refractivity contribution in [2.75, 3.05) is 0 Å². The highest BCUT2D eigenvalue weighted by Gasteiger charge is 2.73. The Bertz CT molecular complexity index is 665. The number of rotatable bonds is 4. The summed E-state index contributed by atoms with van der Waals surface area (Å²) < 4.78 is 16.4. The number of hydrogen-bond acceptors (Lipinski definition) is 8. The predicted molar refractivity (Wildman–Crippen MR) is 90.2 cm³/mol. The second-order valence-corrected chi connectivity index (χ2v) is 9.33. The summed E-state index contributed by atoms with van der Waals surface area (Å²) >= 11 is 1.48. The highest BCUT2D eigenvalue weighted by molar-refractivity contribution is 8.04. The molecule has 0 radical (unpaired) electrons. The third kappa shape index (κ3) is 3.77. The van der Waals surface area contributed by atoms with Gasteiger partial charge in [-0.1, -0.05) is 20.8 Å². The van der Waals surface area contributed by atoms with Crippen molar-refractivity contribution in [1.29, 1.82) is 5.26 Å². The second kappa shape index (κ2) is 6.22. The molecular formula is C17H22N2O5S. The van der Waals surface area contributed by atoms with E-state index >= 15 is 0 Å². The third-order valence-corrected chi connectivity index (χ3v) is 5.26. The van der Waals surface area contributed by atoms with E-state index in [2.05, 4.69) is 6.07 Å². The summed E-state index contributed by atoms with van der Waals surface area (Å²) in [7, 11) is 0. The van der Waals surface area contributed by atoms with E-state index in [0.29, 0.717) is 4.91 Å². The molecule has 0 unspecified atom stereocenters. The third-order valence-electron chi connectivity index (χ3n) is 4.23. The van der Waals surface area contributed by atoms with Gasteiger partial charge in [0.15, 0.2) is 12.2 Å². The molecule has 7 nitrogen and oxygen atoms in total. The molecule has 8 heteroatoms. The van der Waals surface area contributed by atoms with Crippen LogP contribution in [0, 0.1) is 11.3 Å². The van der Waals surface area contributed by atoms with E-state index in [4.69, 9.17) is 14.2 Å². The Morgan fingerprint density at radius 1 is 1.12 bits per heavy atom. The molecule has 1 aliphatic carbocycles. The first-order valence-corrected chi connectivity index (χ1v) is 9.02. The monoisotopic (exact) mass is 366 g/mol. The largest absolute Gasteiger partial charge is 0.456 e. The SMILES string of the molecule is CC(=O)O[C@@H]1[C@H]2O[C@H]2[C@@H]2[C@H]([C@@H]1OC(C)=O)N2/C=C(/C#N)SC(C)(C)C. The summed E-state index contributed by atoms with van der Waals surface area (Å²) in [6.45, 7) is 8.77. The summed E-state index contributed by atoms with van der Waals surface area (Å²) in [5, 5.41) is 9.41. The van der Waals surface area contributed by atoms with Crippen LogP contribution in [0.3, 0.4) is 0 Å². The van der Waals surface area contributed by atoms with Gasteiger partial charge in [-0.2, -0.15) is 5.26 Å². The lowest BCUT2D eigenvalue weighted by molar-refractivity contribution is -0.167. The maximum absolute atomic E-state index is 11.5. The smallest absolute Gasteiger partial charge is 0.303 e. The number of carbonyl (C=O) groups excluding carboxylic acids is 2. The van der Waals surface area contributed by atoms with Crippen molar-refractivity contribution >= 4 is 23.7 Å². The van der Waals surface area contributed by atoms with Gasteiger partial charge in [0, 0.05) is 24.8 Å². The number of thioether (sulfide) groups is 1. The summed E-state index contributed by atoms with van der Waals surface area (Å²) in [4.78, 5) is 25.5. The minimum Gasteiger partial charge on any atom is -0.456 e. The van der Waals surface area contributed by atoms with Crippen molar-refractivity contribution in [1.82, 2.24) is 4.90 Å². The van der Waals surface area contributed by atoms with Gasteiger partial charge in [-0.3, -0.25) is 9.59 Å². The van der Waals surface area contributed by atoms with Crippen LogP contribution in [0.2, 0.25) is 0 Å². The van der Waals surface area contributed by atoms with Gasteiger partial charge in [-0.15, -0.1) is 11.8 Å². The molecule has 1 saturated carbocycles. The van der Waals surface area contributed by atoms with Crippen LogP contribution in [-0.2, 0) is 23.8 Å². The Morgan fingerprint density at radius 2 is 1.72 bits per heavy atom. The zero-order chi connectivity index (χ0) is 18.5. The van der Waals surface area contributed by atoms with Crippen LogP contribution in [0.4, 0.5) is 0 Å². The molecule has 2 saturated heterocycles. The van der Waals surface area contributed by atoms with Crippen molar-refractivity contribution in [3.8, 4) is 6.07 Å². The maximum atomic E-state index is 11.5. The van der Waals surface area contributed by atoms with Crippen LogP contribution in [0.15, 0.2) is 11.1 Å². The Morgan fingerprint density at radius 3 is 2.24 bits per heavy atom. The molecule has 0 spiro atoms. The molecule has 0 bridgehead atoms. The lowest BCUT2D eigenvalue weighted by Gasteiger charge is -2.26. The number of hydrogen-bond donors (Lipinski definition) is 0. The number of likely N-dealkylation sites (tertiary alicyclic amines) is 1. The maximum Gasteiger partial charge on any atom is 0.303 e. The number of esters is 2. The molecule has 136 valence electrons. The van der Waals surface area contributed by atoms with E-state index in [1.54, 1.807) is 6.20 Å². The van der Waals surface area contributed by atoms with Gasteiger partial charge >= 0.3 is 11.9 Å². The highest BCUT2D eigenvalue weighted by Crippen LogP contribution is 2.53. The first kappa shape index (κ1) is 18.1. The van der Waals surface area contributed by atoms with E-state index < -0.39 is 24.1 Å². The quantitative estimate of drug-likeness (QED) is 0.421. The number of allylic oxidation sites excluding steroid dienone is 1. The fourth-order valence-corrected chi connectivity index (χ4v) is 4.32. The van der Waals surface area contributed by atoms with Crippen molar-refractivity contribution < 1.29 is 23.8 Å². The van der Waals surface area contributed by atoms with Gasteiger partial charge < -0.3 is 19.1 Å². The molecule has 3 fully saturated rings. The standard InChI is InChI=1S/C17H22N2O5S/c1-8(20)22-13-11-12(14-16(24-14)15(13)23-9(2)21)19(11)7-10(6-18)25-17(3,4)5/h7,11-16H,1-5H3/b10-7-/t11-,12+,13+,14+,15+,16+,19?/m1/s1. The number of ether oxygens (including phenoxy) is 3. The van der Waals surface area contributed by atoms with Crippen LogP contribution in [0.5, 0.6) is 0 Å². The summed E-state index contributed by atoms with van der Waals surface area (Å²) in [5.41, 5.74) is 0. The zero-order valence-electron chi connectivity index (χ0n) is 14.9. The fourth-order valence-electron chi connectivity index (χ4n) is 3.44. The molecular weight excluding hydrogens is 344 g/mol. The minimum atomic E-state index is -0.605. The minimum absolute atomic E-state index is 0.0464. The lowest BCUT2D eigenvalue weighted by atomic mass is 9.94. The fraction of sp³-hybridized carbons (Fsp3) is 0.706. The van der Waals surface area contributed by atoms with E-state index in [-0.39, 0.29) is 29.0 Å². The molecule has 3 aliphatic rings. The first-order valence-electron chi connectivity index (χ1n) is 8.20. The molecule has 25 heavy (non-hydrogen) atoms. The molecule has 0 aromatic carbocycles. The van der Waals surface area contributed by atoms with Gasteiger partial charge in [-0.25, -0.2) is 0 Å². The zero-order valence-corrected chi connectivity index (χ0v) is 15.7. The molecule has 0 amide bonds. The molecule has 2 heterocycles. The Hall–Kier alpha value is -1.72.